The number of alkyl halides is 3. The predicted molar refractivity (Wildman–Crippen MR) is 133 cm³/mol. The molecule has 3 N–H and O–H groups in total. The molecule has 0 radical (unpaired) electrons. The van der Waals surface area contributed by atoms with Gasteiger partial charge in [-0.2, -0.15) is 0 Å². The Morgan fingerprint density at radius 1 is 1.08 bits per heavy atom. The number of ether oxygens (including phenoxy) is 3. The summed E-state index contributed by atoms with van der Waals surface area (Å²) in [4.78, 5) is 28.5. The summed E-state index contributed by atoms with van der Waals surface area (Å²) in [7, 11) is -3.12. The van der Waals surface area contributed by atoms with Crippen LogP contribution in [0.2, 0.25) is 0 Å². The van der Waals surface area contributed by atoms with Crippen molar-refractivity contribution < 1.29 is 45.5 Å². The molecular weight excluding hydrogens is 522 g/mol. The Bertz CT molecular complexity index is 1540. The van der Waals surface area contributed by atoms with E-state index < -0.39 is 59.6 Å². The minimum atomic E-state index is -5.09. The number of halogens is 4. The number of allylic oxidation sites excluding steroid dienone is 2. The number of carbonyl (C=O) groups excluding carboxylic acids is 2. The summed E-state index contributed by atoms with van der Waals surface area (Å²) in [5, 5.41) is 2.42. The van der Waals surface area contributed by atoms with Crippen LogP contribution in [-0.2, 0) is 0 Å². The number of carbonyl (C=O) groups is 2. The zero-order valence-corrected chi connectivity index (χ0v) is 20.1. The quantitative estimate of drug-likeness (QED) is 0.323. The van der Waals surface area contributed by atoms with Crippen LogP contribution < -0.4 is 25.3 Å². The number of rotatable bonds is 8. The van der Waals surface area contributed by atoms with Gasteiger partial charge in [0, 0.05) is 18.0 Å². The molecule has 0 unspecified atom stereocenters. The highest BCUT2D eigenvalue weighted by Crippen LogP contribution is 2.40. The fourth-order valence-electron chi connectivity index (χ4n) is 3.97. The number of nitrogens with one attached hydrogen (secondary N) is 1. The molecule has 0 fully saturated rings. The number of nitrogens with two attached hydrogens (primary N) is 1. The summed E-state index contributed by atoms with van der Waals surface area (Å²) < 4.78 is 90.7. The van der Waals surface area contributed by atoms with Crippen molar-refractivity contribution in [2.24, 2.45) is 5.73 Å². The van der Waals surface area contributed by atoms with Gasteiger partial charge in [0.15, 0.2) is 11.5 Å². The van der Waals surface area contributed by atoms with Crippen LogP contribution >= 0.6 is 0 Å². The second-order valence-corrected chi connectivity index (χ2v) is 8.41. The van der Waals surface area contributed by atoms with E-state index in [2.05, 4.69) is 15.0 Å². The Balaban J connectivity index is 1.79. The van der Waals surface area contributed by atoms with E-state index in [1.54, 1.807) is 0 Å². The van der Waals surface area contributed by atoms with Crippen LogP contribution in [-0.4, -0.2) is 30.2 Å². The van der Waals surface area contributed by atoms with Crippen molar-refractivity contribution in [1.29, 1.82) is 0 Å². The second-order valence-electron chi connectivity index (χ2n) is 8.41. The van der Waals surface area contributed by atoms with E-state index in [1.807, 2.05) is 6.08 Å². The molecule has 1 aliphatic carbocycles. The minimum absolute atomic E-state index is 0.0493. The first-order valence-corrected chi connectivity index (χ1v) is 11.6. The van der Waals surface area contributed by atoms with E-state index >= 15 is 4.39 Å². The number of aromatic nitrogens is 1. The molecule has 1 aliphatic rings. The van der Waals surface area contributed by atoms with E-state index in [9.17, 15) is 22.8 Å². The van der Waals surface area contributed by atoms with Crippen molar-refractivity contribution >= 4 is 23.1 Å². The first kappa shape index (κ1) is 23.5. The topological polar surface area (TPSA) is 113 Å². The number of primary amides is 1. The highest BCUT2D eigenvalue weighted by Gasteiger charge is 2.31. The summed E-state index contributed by atoms with van der Waals surface area (Å²) in [6, 6.07) is 7.39. The van der Waals surface area contributed by atoms with Gasteiger partial charge in [0.1, 0.15) is 28.6 Å². The molecule has 4 rings (SSSR count). The molecule has 0 bridgehead atoms. The van der Waals surface area contributed by atoms with Crippen LogP contribution in [0.15, 0.2) is 54.7 Å². The Labute approximate surface area is 224 Å². The summed E-state index contributed by atoms with van der Waals surface area (Å²) in [5.74, 6) is -5.23. The van der Waals surface area contributed by atoms with Gasteiger partial charge in [0.25, 0.3) is 11.8 Å². The van der Waals surface area contributed by atoms with Gasteiger partial charge >= 0.3 is 6.36 Å². The Morgan fingerprint density at radius 2 is 1.90 bits per heavy atom. The van der Waals surface area contributed by atoms with E-state index in [-0.39, 0.29) is 11.4 Å². The third kappa shape index (κ3) is 6.83. The molecule has 12 heteroatoms. The lowest BCUT2D eigenvalue weighted by molar-refractivity contribution is -0.274. The third-order valence-electron chi connectivity index (χ3n) is 5.69. The maximum absolute atomic E-state index is 15.6. The predicted octanol–water partition coefficient (Wildman–Crippen LogP) is 6.23. The molecule has 0 saturated heterocycles. The van der Waals surface area contributed by atoms with Crippen molar-refractivity contribution in [3.63, 3.8) is 0 Å². The zero-order chi connectivity index (χ0) is 30.7. The van der Waals surface area contributed by atoms with Crippen LogP contribution in [0.5, 0.6) is 23.0 Å². The SMILES string of the molecule is [2H]C([2H])([2H])Oc1cc(OC(F)(F)F)ccc1Oc1cc(C2=CCCCC2)cc(F)c1C(=O)Nc1ccnc(C(N)=O)c1. The first-order chi connectivity index (χ1) is 19.7. The number of methoxy groups -OCH3 is 1. The van der Waals surface area contributed by atoms with Crippen LogP contribution in [0.3, 0.4) is 0 Å². The molecule has 1 heterocycles. The smallest absolute Gasteiger partial charge is 0.493 e. The van der Waals surface area contributed by atoms with E-state index in [0.717, 1.165) is 43.0 Å². The third-order valence-corrected chi connectivity index (χ3v) is 5.69. The summed E-state index contributed by atoms with van der Waals surface area (Å²) >= 11 is 0. The molecule has 204 valence electrons. The van der Waals surface area contributed by atoms with Crippen LogP contribution in [0.25, 0.3) is 5.57 Å². The van der Waals surface area contributed by atoms with Crippen LogP contribution in [0, 0.1) is 5.82 Å². The average Bonchev–Trinajstić information content (AvgIpc) is 2.88. The van der Waals surface area contributed by atoms with Crippen molar-refractivity contribution in [2.45, 2.75) is 32.0 Å². The summed E-state index contributed by atoms with van der Waals surface area (Å²) in [6.07, 6.45) is 1.18. The van der Waals surface area contributed by atoms with E-state index in [1.165, 1.54) is 24.4 Å². The lowest BCUT2D eigenvalue weighted by Gasteiger charge is -2.19. The number of amides is 2. The molecule has 39 heavy (non-hydrogen) atoms. The number of benzene rings is 2. The fraction of sp³-hybridized carbons (Fsp3) is 0.222. The molecule has 0 saturated carbocycles. The Kier molecular flexibility index (Phi) is 6.88. The van der Waals surface area contributed by atoms with Gasteiger partial charge in [0.05, 0.1) is 11.2 Å². The molecule has 2 aromatic carbocycles. The normalized spacial score (nSPS) is 14.8. The number of anilines is 1. The van der Waals surface area contributed by atoms with Crippen molar-refractivity contribution in [1.82, 2.24) is 4.98 Å². The maximum Gasteiger partial charge on any atom is 0.573 e. The minimum Gasteiger partial charge on any atom is -0.493 e. The number of nitrogens with zero attached hydrogens (tertiary/aromatic N) is 1. The lowest BCUT2D eigenvalue weighted by Crippen LogP contribution is -2.18. The highest BCUT2D eigenvalue weighted by molar-refractivity contribution is 6.07. The average molecular weight is 549 g/mol. The Morgan fingerprint density at radius 3 is 2.59 bits per heavy atom. The molecular formula is C27H23F4N3O5. The second kappa shape index (κ2) is 11.4. The van der Waals surface area contributed by atoms with Gasteiger partial charge in [-0.25, -0.2) is 4.39 Å². The number of hydrogen-bond donors (Lipinski definition) is 2. The molecule has 0 atom stereocenters. The summed E-state index contributed by atoms with van der Waals surface area (Å²) in [6.45, 7) is 0. The fourth-order valence-corrected chi connectivity index (χ4v) is 3.97. The van der Waals surface area contributed by atoms with Gasteiger partial charge < -0.3 is 25.3 Å². The monoisotopic (exact) mass is 548 g/mol. The standard InChI is InChI=1S/C27H23F4N3O5/c1-37-22-14-18(39-27(29,30)31)7-8-21(22)38-23-12-16(15-5-3-2-4-6-15)11-19(28)24(23)26(36)34-17-9-10-33-20(13-17)25(32)35/h5,7-14H,2-4,6H2,1H3,(H2,32,35)(H,33,34,36)/i1D3. The van der Waals surface area contributed by atoms with Crippen LogP contribution in [0.4, 0.5) is 23.2 Å². The highest BCUT2D eigenvalue weighted by atomic mass is 19.4. The van der Waals surface area contributed by atoms with Crippen molar-refractivity contribution in [2.75, 3.05) is 12.4 Å². The van der Waals surface area contributed by atoms with Crippen LogP contribution in [0.1, 0.15) is 56.2 Å². The van der Waals surface area contributed by atoms with Gasteiger partial charge in [-0.05, 0) is 73.2 Å². The largest absolute Gasteiger partial charge is 0.573 e. The van der Waals surface area contributed by atoms with Gasteiger partial charge in [-0.3, -0.25) is 14.6 Å². The van der Waals surface area contributed by atoms with Gasteiger partial charge in [-0.1, -0.05) is 6.08 Å². The van der Waals surface area contributed by atoms with E-state index in [0.29, 0.717) is 18.1 Å². The maximum atomic E-state index is 15.6. The van der Waals surface area contributed by atoms with Gasteiger partial charge in [-0.15, -0.1) is 13.2 Å². The molecule has 0 aliphatic heterocycles. The Hall–Kier alpha value is -4.61. The van der Waals surface area contributed by atoms with E-state index in [4.69, 9.17) is 19.3 Å². The van der Waals surface area contributed by atoms with Crippen molar-refractivity contribution in [3.05, 3.63) is 77.4 Å². The van der Waals surface area contributed by atoms with Gasteiger partial charge in [0.2, 0.25) is 0 Å². The molecule has 0 spiro atoms. The van der Waals surface area contributed by atoms with Crippen molar-refractivity contribution in [3.8, 4) is 23.0 Å². The lowest BCUT2D eigenvalue weighted by atomic mass is 9.92. The summed E-state index contributed by atoms with van der Waals surface area (Å²) in [5.41, 5.74) is 5.65. The first-order valence-electron chi connectivity index (χ1n) is 13.1. The number of pyridine rings is 1. The molecule has 3 aromatic rings. The molecule has 8 nitrogen and oxygen atoms in total. The zero-order valence-electron chi connectivity index (χ0n) is 23.1. The molecule has 1 aromatic heterocycles. The number of hydrogen-bond acceptors (Lipinski definition) is 6. The molecule has 2 amide bonds.